The summed E-state index contributed by atoms with van der Waals surface area (Å²) in [5, 5.41) is 1.87. The molecule has 80 valence electrons. The second-order valence-corrected chi connectivity index (χ2v) is 4.16. The fourth-order valence-electron chi connectivity index (χ4n) is 2.16. The monoisotopic (exact) mass is 212 g/mol. The number of fused-ring (bicyclic) bond motifs is 1. The zero-order valence-electron chi connectivity index (χ0n) is 8.89. The van der Waals surface area contributed by atoms with Gasteiger partial charge >= 0.3 is 0 Å². The highest BCUT2D eigenvalue weighted by molar-refractivity contribution is 5.91. The SMILES string of the molecule is O=C1C=C(C2N=c3ccccc3=N2)CCC1. The first-order valence-electron chi connectivity index (χ1n) is 5.57. The van der Waals surface area contributed by atoms with Gasteiger partial charge in [-0.2, -0.15) is 0 Å². The highest BCUT2D eigenvalue weighted by Crippen LogP contribution is 2.21. The molecule has 1 heterocycles. The van der Waals surface area contributed by atoms with E-state index >= 15 is 0 Å². The summed E-state index contributed by atoms with van der Waals surface area (Å²) in [6.45, 7) is 0. The smallest absolute Gasteiger partial charge is 0.163 e. The lowest BCUT2D eigenvalue weighted by Gasteiger charge is -2.13. The standard InChI is InChI=1S/C13H12N2O/c16-10-5-3-4-9(8-10)13-14-11-6-1-2-7-12(11)15-13/h1-2,6-8,13H,3-5H2. The molecule has 3 heteroatoms. The largest absolute Gasteiger partial charge is 0.295 e. The van der Waals surface area contributed by atoms with Gasteiger partial charge in [-0.3, -0.25) is 14.8 Å². The molecule has 2 aliphatic rings. The minimum absolute atomic E-state index is 0.151. The number of carbonyl (C=O) groups is 1. The van der Waals surface area contributed by atoms with Gasteiger partial charge in [-0.1, -0.05) is 12.1 Å². The zero-order chi connectivity index (χ0) is 11.0. The van der Waals surface area contributed by atoms with Gasteiger partial charge in [-0.05, 0) is 36.6 Å². The van der Waals surface area contributed by atoms with Gasteiger partial charge in [0.2, 0.25) is 0 Å². The molecular weight excluding hydrogens is 200 g/mol. The molecule has 0 radical (unpaired) electrons. The number of ketones is 1. The number of nitrogens with zero attached hydrogens (tertiary/aromatic N) is 2. The predicted molar refractivity (Wildman–Crippen MR) is 59.5 cm³/mol. The molecule has 16 heavy (non-hydrogen) atoms. The molecule has 1 aliphatic heterocycles. The molecule has 0 atom stereocenters. The molecule has 1 aromatic rings. The quantitative estimate of drug-likeness (QED) is 0.683. The number of para-hydroxylation sites is 2. The number of hydrogen-bond donors (Lipinski definition) is 0. The Morgan fingerprint density at radius 1 is 1.06 bits per heavy atom. The first kappa shape index (κ1) is 9.46. The fraction of sp³-hybridized carbons (Fsp3) is 0.308. The van der Waals surface area contributed by atoms with Crippen molar-refractivity contribution in [2.45, 2.75) is 25.4 Å². The molecule has 1 aliphatic carbocycles. The number of carbonyl (C=O) groups excluding carboxylic acids is 1. The van der Waals surface area contributed by atoms with Crippen LogP contribution in [-0.2, 0) is 4.79 Å². The summed E-state index contributed by atoms with van der Waals surface area (Å²) in [6.07, 6.45) is 4.12. The van der Waals surface area contributed by atoms with Crippen LogP contribution in [0, 0.1) is 0 Å². The topological polar surface area (TPSA) is 41.8 Å². The third kappa shape index (κ3) is 1.58. The highest BCUT2D eigenvalue weighted by Gasteiger charge is 2.19. The van der Waals surface area contributed by atoms with Gasteiger partial charge in [-0.25, -0.2) is 0 Å². The Morgan fingerprint density at radius 2 is 1.75 bits per heavy atom. The molecule has 0 aromatic heterocycles. The van der Waals surface area contributed by atoms with Gasteiger partial charge in [-0.15, -0.1) is 0 Å². The Balaban J connectivity index is 2.01. The predicted octanol–water partition coefficient (Wildman–Crippen LogP) is 0.945. The average molecular weight is 212 g/mol. The Morgan fingerprint density at radius 3 is 2.38 bits per heavy atom. The van der Waals surface area contributed by atoms with Crippen molar-refractivity contribution in [1.82, 2.24) is 0 Å². The summed E-state index contributed by atoms with van der Waals surface area (Å²) in [5.74, 6) is 0.211. The normalized spacial score (nSPS) is 19.8. The third-order valence-electron chi connectivity index (χ3n) is 2.97. The van der Waals surface area contributed by atoms with Gasteiger partial charge in [0.1, 0.15) is 0 Å². The lowest BCUT2D eigenvalue weighted by molar-refractivity contribution is -0.115. The maximum atomic E-state index is 11.3. The van der Waals surface area contributed by atoms with E-state index in [9.17, 15) is 4.79 Å². The summed E-state index contributed by atoms with van der Waals surface area (Å²) < 4.78 is 0. The number of allylic oxidation sites excluding steroid dienone is 1. The van der Waals surface area contributed by atoms with Crippen LogP contribution in [0.2, 0.25) is 0 Å². The van der Waals surface area contributed by atoms with E-state index in [4.69, 9.17) is 0 Å². The summed E-state index contributed by atoms with van der Waals surface area (Å²) in [5.41, 5.74) is 1.06. The minimum Gasteiger partial charge on any atom is -0.295 e. The van der Waals surface area contributed by atoms with E-state index in [1.807, 2.05) is 24.3 Å². The lowest BCUT2D eigenvalue weighted by atomic mass is 9.97. The molecule has 3 rings (SSSR count). The second-order valence-electron chi connectivity index (χ2n) is 4.16. The molecule has 1 aromatic carbocycles. The van der Waals surface area contributed by atoms with Crippen LogP contribution in [0.15, 0.2) is 45.9 Å². The molecule has 0 N–H and O–H groups in total. The third-order valence-corrected chi connectivity index (χ3v) is 2.97. The first-order valence-corrected chi connectivity index (χ1v) is 5.57. The molecule has 0 saturated carbocycles. The minimum atomic E-state index is -0.151. The van der Waals surface area contributed by atoms with E-state index in [2.05, 4.69) is 9.98 Å². The second kappa shape index (κ2) is 3.67. The van der Waals surface area contributed by atoms with Gasteiger partial charge in [0, 0.05) is 6.42 Å². The molecule has 0 unspecified atom stereocenters. The van der Waals surface area contributed by atoms with Crippen LogP contribution in [0.3, 0.4) is 0 Å². The van der Waals surface area contributed by atoms with E-state index < -0.39 is 0 Å². The van der Waals surface area contributed by atoms with Crippen LogP contribution in [0.4, 0.5) is 0 Å². The molecule has 0 spiro atoms. The molecule has 0 fully saturated rings. The van der Waals surface area contributed by atoms with E-state index in [0.29, 0.717) is 6.42 Å². The lowest BCUT2D eigenvalue weighted by Crippen LogP contribution is -2.19. The van der Waals surface area contributed by atoms with Crippen molar-refractivity contribution in [1.29, 1.82) is 0 Å². The molecule has 3 nitrogen and oxygen atoms in total. The first-order chi connectivity index (χ1) is 7.83. The summed E-state index contributed by atoms with van der Waals surface area (Å²) in [6, 6.07) is 7.84. The van der Waals surface area contributed by atoms with Crippen molar-refractivity contribution in [2.75, 3.05) is 0 Å². The molecule has 0 saturated heterocycles. The van der Waals surface area contributed by atoms with Crippen molar-refractivity contribution < 1.29 is 4.79 Å². The molecule has 0 bridgehead atoms. The average Bonchev–Trinajstić information content (AvgIpc) is 2.72. The van der Waals surface area contributed by atoms with Gasteiger partial charge in [0.05, 0.1) is 10.7 Å². The van der Waals surface area contributed by atoms with Gasteiger partial charge in [0.15, 0.2) is 11.9 Å². The Kier molecular flexibility index (Phi) is 2.17. The Labute approximate surface area is 93.2 Å². The van der Waals surface area contributed by atoms with Crippen LogP contribution in [0.5, 0.6) is 0 Å². The van der Waals surface area contributed by atoms with Crippen LogP contribution in [0.25, 0.3) is 0 Å². The van der Waals surface area contributed by atoms with E-state index in [1.165, 1.54) is 0 Å². The fourth-order valence-corrected chi connectivity index (χ4v) is 2.16. The number of hydrogen-bond acceptors (Lipinski definition) is 3. The van der Waals surface area contributed by atoms with E-state index in [0.717, 1.165) is 29.1 Å². The van der Waals surface area contributed by atoms with Crippen LogP contribution >= 0.6 is 0 Å². The van der Waals surface area contributed by atoms with Crippen molar-refractivity contribution >= 4 is 5.78 Å². The van der Waals surface area contributed by atoms with E-state index in [-0.39, 0.29) is 11.9 Å². The highest BCUT2D eigenvalue weighted by atomic mass is 16.1. The summed E-state index contributed by atoms with van der Waals surface area (Å²) in [7, 11) is 0. The maximum Gasteiger partial charge on any atom is 0.163 e. The van der Waals surface area contributed by atoms with Crippen molar-refractivity contribution in [3.63, 3.8) is 0 Å². The van der Waals surface area contributed by atoms with Crippen LogP contribution in [-0.4, -0.2) is 11.9 Å². The van der Waals surface area contributed by atoms with Crippen LogP contribution < -0.4 is 10.7 Å². The van der Waals surface area contributed by atoms with Crippen LogP contribution in [0.1, 0.15) is 19.3 Å². The summed E-state index contributed by atoms with van der Waals surface area (Å²) >= 11 is 0. The van der Waals surface area contributed by atoms with Gasteiger partial charge < -0.3 is 0 Å². The van der Waals surface area contributed by atoms with E-state index in [1.54, 1.807) is 6.08 Å². The number of rotatable bonds is 1. The zero-order valence-corrected chi connectivity index (χ0v) is 8.89. The maximum absolute atomic E-state index is 11.3. The molecule has 0 amide bonds. The van der Waals surface area contributed by atoms with Crippen molar-refractivity contribution in [3.05, 3.63) is 46.6 Å². The Bertz CT molecular complexity index is 551. The van der Waals surface area contributed by atoms with Gasteiger partial charge in [0.25, 0.3) is 0 Å². The molecular formula is C13H12N2O. The number of benzene rings is 1. The summed E-state index contributed by atoms with van der Waals surface area (Å²) in [4.78, 5) is 20.4. The van der Waals surface area contributed by atoms with Crippen molar-refractivity contribution in [2.24, 2.45) is 9.98 Å². The van der Waals surface area contributed by atoms with Crippen molar-refractivity contribution in [3.8, 4) is 0 Å². The Hall–Kier alpha value is -1.77.